The number of hydrogen-bond acceptors (Lipinski definition) is 5. The van der Waals surface area contributed by atoms with E-state index in [9.17, 15) is 9.59 Å². The minimum absolute atomic E-state index is 0.129. The summed E-state index contributed by atoms with van der Waals surface area (Å²) < 4.78 is 10.1. The van der Waals surface area contributed by atoms with Gasteiger partial charge >= 0.3 is 6.09 Å². The third kappa shape index (κ3) is 6.97. The van der Waals surface area contributed by atoms with E-state index in [0.29, 0.717) is 0 Å². The monoisotopic (exact) mass is 308 g/mol. The number of rotatable bonds is 5. The van der Waals surface area contributed by atoms with Crippen molar-refractivity contribution in [3.8, 4) is 5.75 Å². The first-order chi connectivity index (χ1) is 10.2. The van der Waals surface area contributed by atoms with Crippen molar-refractivity contribution in [2.75, 3.05) is 12.4 Å². The van der Waals surface area contributed by atoms with Gasteiger partial charge in [-0.3, -0.25) is 10.1 Å². The van der Waals surface area contributed by atoms with Crippen LogP contribution in [0.2, 0.25) is 0 Å². The molecule has 22 heavy (non-hydrogen) atoms. The van der Waals surface area contributed by atoms with E-state index in [2.05, 4.69) is 10.6 Å². The van der Waals surface area contributed by atoms with E-state index >= 15 is 0 Å². The third-order valence-electron chi connectivity index (χ3n) is 2.64. The predicted molar refractivity (Wildman–Crippen MR) is 85.1 cm³/mol. The van der Waals surface area contributed by atoms with Gasteiger partial charge in [0.05, 0.1) is 7.11 Å². The van der Waals surface area contributed by atoms with Crippen LogP contribution in [-0.4, -0.2) is 30.8 Å². The molecule has 0 aliphatic rings. The van der Waals surface area contributed by atoms with Crippen molar-refractivity contribution in [3.05, 3.63) is 24.3 Å². The second-order valence-electron chi connectivity index (χ2n) is 6.03. The Morgan fingerprint density at radius 2 is 1.77 bits per heavy atom. The Bertz CT molecular complexity index is 506. The molecule has 0 unspecified atom stereocenters. The summed E-state index contributed by atoms with van der Waals surface area (Å²) in [4.78, 5) is 23.3. The minimum atomic E-state index is -0.728. The van der Waals surface area contributed by atoms with Crippen molar-refractivity contribution in [1.29, 1.82) is 0 Å². The number of methoxy groups -OCH3 is 1. The van der Waals surface area contributed by atoms with Gasteiger partial charge in [0.25, 0.3) is 0 Å². The summed E-state index contributed by atoms with van der Waals surface area (Å²) in [5.74, 6) is 0.378. The summed E-state index contributed by atoms with van der Waals surface area (Å²) in [6, 6.07) is 7.25. The highest BCUT2D eigenvalue weighted by molar-refractivity contribution is 5.92. The number of amides is 2. The second kappa shape index (κ2) is 7.68. The first kappa shape index (κ1) is 17.8. The largest absolute Gasteiger partial charge is 0.497 e. The van der Waals surface area contributed by atoms with Gasteiger partial charge in [-0.25, -0.2) is 4.79 Å². The molecule has 0 fully saturated rings. The SMILES string of the molecule is COc1ccc(N[C@H](C)CC(=O)NC(=O)OC(C)(C)C)cc1. The number of anilines is 1. The minimum Gasteiger partial charge on any atom is -0.497 e. The molecule has 6 nitrogen and oxygen atoms in total. The maximum Gasteiger partial charge on any atom is 0.414 e. The average molecular weight is 308 g/mol. The van der Waals surface area contributed by atoms with Crippen LogP contribution in [0.5, 0.6) is 5.75 Å². The van der Waals surface area contributed by atoms with Crippen molar-refractivity contribution in [3.63, 3.8) is 0 Å². The molecule has 6 heteroatoms. The Labute approximate surface area is 131 Å². The van der Waals surface area contributed by atoms with Gasteiger partial charge in [-0.2, -0.15) is 0 Å². The van der Waals surface area contributed by atoms with Gasteiger partial charge in [0.15, 0.2) is 0 Å². The maximum absolute atomic E-state index is 11.8. The molecule has 0 spiro atoms. The van der Waals surface area contributed by atoms with Gasteiger partial charge in [0.2, 0.25) is 5.91 Å². The molecule has 0 aliphatic heterocycles. The van der Waals surface area contributed by atoms with Gasteiger partial charge in [-0.15, -0.1) is 0 Å². The molecule has 0 bridgehead atoms. The number of carbonyl (C=O) groups is 2. The third-order valence-corrected chi connectivity index (χ3v) is 2.64. The number of hydrogen-bond donors (Lipinski definition) is 2. The zero-order chi connectivity index (χ0) is 16.8. The predicted octanol–water partition coefficient (Wildman–Crippen LogP) is 2.94. The van der Waals surface area contributed by atoms with Gasteiger partial charge in [0, 0.05) is 18.2 Å². The van der Waals surface area contributed by atoms with E-state index in [1.54, 1.807) is 27.9 Å². The number of alkyl carbamates (subject to hydrolysis) is 1. The number of nitrogens with one attached hydrogen (secondary N) is 2. The van der Waals surface area contributed by atoms with E-state index < -0.39 is 11.7 Å². The highest BCUT2D eigenvalue weighted by atomic mass is 16.6. The first-order valence-corrected chi connectivity index (χ1v) is 7.13. The molecular weight excluding hydrogens is 284 g/mol. The molecule has 0 aliphatic carbocycles. The van der Waals surface area contributed by atoms with Crippen LogP contribution in [0, 0.1) is 0 Å². The second-order valence-corrected chi connectivity index (χ2v) is 6.03. The van der Waals surface area contributed by atoms with Crippen molar-refractivity contribution < 1.29 is 19.1 Å². The Hall–Kier alpha value is -2.24. The molecular formula is C16H24N2O4. The quantitative estimate of drug-likeness (QED) is 0.874. The summed E-state index contributed by atoms with van der Waals surface area (Å²) in [5.41, 5.74) is 0.246. The van der Waals surface area contributed by atoms with E-state index in [0.717, 1.165) is 11.4 Å². The molecule has 2 amide bonds. The fourth-order valence-electron chi connectivity index (χ4n) is 1.77. The molecule has 0 saturated heterocycles. The molecule has 0 heterocycles. The van der Waals surface area contributed by atoms with Crippen LogP contribution in [0.15, 0.2) is 24.3 Å². The van der Waals surface area contributed by atoms with Crippen LogP contribution >= 0.6 is 0 Å². The lowest BCUT2D eigenvalue weighted by molar-refractivity contribution is -0.120. The molecule has 0 saturated carbocycles. The molecule has 1 rings (SSSR count). The molecule has 2 N–H and O–H groups in total. The lowest BCUT2D eigenvalue weighted by Crippen LogP contribution is -2.38. The van der Waals surface area contributed by atoms with Gasteiger partial charge in [-0.05, 0) is 52.0 Å². The number of imide groups is 1. The van der Waals surface area contributed by atoms with E-state index in [1.165, 1.54) is 0 Å². The molecule has 1 atom stereocenters. The first-order valence-electron chi connectivity index (χ1n) is 7.13. The summed E-state index contributed by atoms with van der Waals surface area (Å²) in [6.07, 6.45) is -0.570. The lowest BCUT2D eigenvalue weighted by Gasteiger charge is -2.20. The molecule has 1 aromatic carbocycles. The Kier molecular flexibility index (Phi) is 6.22. The molecule has 0 aromatic heterocycles. The summed E-state index contributed by atoms with van der Waals surface area (Å²) in [5, 5.41) is 5.39. The van der Waals surface area contributed by atoms with Gasteiger partial charge in [-0.1, -0.05) is 0 Å². The fraction of sp³-hybridized carbons (Fsp3) is 0.500. The highest BCUT2D eigenvalue weighted by Gasteiger charge is 2.19. The zero-order valence-corrected chi connectivity index (χ0v) is 13.7. The van der Waals surface area contributed by atoms with Crippen LogP contribution in [0.25, 0.3) is 0 Å². The van der Waals surface area contributed by atoms with Crippen molar-refractivity contribution in [2.24, 2.45) is 0 Å². The number of ether oxygens (including phenoxy) is 2. The van der Waals surface area contributed by atoms with Crippen molar-refractivity contribution >= 4 is 17.7 Å². The Morgan fingerprint density at radius 3 is 2.27 bits per heavy atom. The van der Waals surface area contributed by atoms with E-state index in [-0.39, 0.29) is 18.4 Å². The number of carbonyl (C=O) groups excluding carboxylic acids is 2. The summed E-state index contributed by atoms with van der Waals surface area (Å²) in [7, 11) is 1.60. The number of benzene rings is 1. The van der Waals surface area contributed by atoms with Crippen LogP contribution in [0.4, 0.5) is 10.5 Å². The Balaban J connectivity index is 2.41. The van der Waals surface area contributed by atoms with Crippen molar-refractivity contribution in [1.82, 2.24) is 5.32 Å². The topological polar surface area (TPSA) is 76.7 Å². The molecule has 0 radical (unpaired) electrons. The molecule has 1 aromatic rings. The summed E-state index contributed by atoms with van der Waals surface area (Å²) in [6.45, 7) is 7.08. The van der Waals surface area contributed by atoms with Crippen LogP contribution in [0.3, 0.4) is 0 Å². The fourth-order valence-corrected chi connectivity index (χ4v) is 1.77. The van der Waals surface area contributed by atoms with Gasteiger partial charge < -0.3 is 14.8 Å². The zero-order valence-electron chi connectivity index (χ0n) is 13.7. The molecule has 122 valence electrons. The van der Waals surface area contributed by atoms with Crippen molar-refractivity contribution in [2.45, 2.75) is 45.8 Å². The smallest absolute Gasteiger partial charge is 0.414 e. The van der Waals surface area contributed by atoms with E-state index in [4.69, 9.17) is 9.47 Å². The average Bonchev–Trinajstić information content (AvgIpc) is 2.36. The summed E-state index contributed by atoms with van der Waals surface area (Å²) >= 11 is 0. The lowest BCUT2D eigenvalue weighted by atomic mass is 10.2. The highest BCUT2D eigenvalue weighted by Crippen LogP contribution is 2.16. The van der Waals surface area contributed by atoms with Gasteiger partial charge in [0.1, 0.15) is 11.4 Å². The van der Waals surface area contributed by atoms with Crippen LogP contribution < -0.4 is 15.4 Å². The normalized spacial score (nSPS) is 12.2. The standard InChI is InChI=1S/C16H24N2O4/c1-11(17-12-6-8-13(21-5)9-7-12)10-14(19)18-15(20)22-16(2,3)4/h6-9,11,17H,10H2,1-5H3,(H,18,19,20)/t11-/m1/s1. The maximum atomic E-state index is 11.8. The van der Waals surface area contributed by atoms with Crippen LogP contribution in [0.1, 0.15) is 34.1 Å². The van der Waals surface area contributed by atoms with Crippen LogP contribution in [-0.2, 0) is 9.53 Å². The Morgan fingerprint density at radius 1 is 1.18 bits per heavy atom. The van der Waals surface area contributed by atoms with E-state index in [1.807, 2.05) is 31.2 Å².